The zero-order valence-electron chi connectivity index (χ0n) is 11.5. The fraction of sp³-hybridized carbons (Fsp3) is 0.286. The van der Waals surface area contributed by atoms with E-state index < -0.39 is 11.8 Å². The van der Waals surface area contributed by atoms with Gasteiger partial charge in [0.15, 0.2) is 0 Å². The molecule has 0 amide bonds. The van der Waals surface area contributed by atoms with Gasteiger partial charge in [0.1, 0.15) is 5.82 Å². The van der Waals surface area contributed by atoms with Crippen LogP contribution in [0.3, 0.4) is 0 Å². The van der Waals surface area contributed by atoms with Crippen molar-refractivity contribution in [3.05, 3.63) is 41.5 Å². The van der Waals surface area contributed by atoms with Crippen molar-refractivity contribution in [2.24, 2.45) is 0 Å². The summed E-state index contributed by atoms with van der Waals surface area (Å²) < 4.78 is 20.7. The molecule has 0 atom stereocenters. The van der Waals surface area contributed by atoms with E-state index in [2.05, 4.69) is 9.84 Å². The van der Waals surface area contributed by atoms with Crippen LogP contribution < -0.4 is 10.6 Å². The van der Waals surface area contributed by atoms with Crippen LogP contribution in [-0.2, 0) is 17.8 Å². The maximum Gasteiger partial charge on any atom is 0.340 e. The second-order valence-electron chi connectivity index (χ2n) is 4.85. The van der Waals surface area contributed by atoms with Gasteiger partial charge in [-0.1, -0.05) is 0 Å². The first-order valence-corrected chi connectivity index (χ1v) is 6.53. The van der Waals surface area contributed by atoms with Gasteiger partial charge in [-0.25, -0.2) is 9.18 Å². The number of anilines is 2. The van der Waals surface area contributed by atoms with E-state index in [1.807, 2.05) is 15.6 Å². The molecule has 1 aliphatic rings. The lowest BCUT2D eigenvalue weighted by atomic mass is 10.1. The molecule has 3 rings (SSSR count). The Morgan fingerprint density at radius 1 is 1.43 bits per heavy atom. The van der Waals surface area contributed by atoms with E-state index in [0.29, 0.717) is 25.3 Å². The van der Waals surface area contributed by atoms with Gasteiger partial charge in [-0.3, -0.25) is 4.68 Å². The quantitative estimate of drug-likeness (QED) is 0.668. The van der Waals surface area contributed by atoms with Crippen molar-refractivity contribution < 1.29 is 13.9 Å². The number of nitrogen functional groups attached to an aromatic ring is 1. The van der Waals surface area contributed by atoms with Crippen LogP contribution in [0.1, 0.15) is 16.1 Å². The number of aromatic nitrogens is 2. The summed E-state index contributed by atoms with van der Waals surface area (Å²) in [4.78, 5) is 13.5. The van der Waals surface area contributed by atoms with Gasteiger partial charge in [0.05, 0.1) is 37.1 Å². The van der Waals surface area contributed by atoms with Crippen molar-refractivity contribution in [1.29, 1.82) is 0 Å². The molecule has 1 aromatic carbocycles. The number of methoxy groups -OCH3 is 1. The molecule has 0 aliphatic carbocycles. The van der Waals surface area contributed by atoms with Crippen molar-refractivity contribution >= 4 is 17.3 Å². The lowest BCUT2D eigenvalue weighted by molar-refractivity contribution is 0.0602. The van der Waals surface area contributed by atoms with E-state index in [4.69, 9.17) is 5.73 Å². The van der Waals surface area contributed by atoms with Crippen LogP contribution in [0, 0.1) is 5.82 Å². The number of halogens is 1. The Hall–Kier alpha value is -2.57. The molecule has 1 aliphatic heterocycles. The first-order chi connectivity index (χ1) is 10.1. The molecule has 0 bridgehead atoms. The predicted octanol–water partition coefficient (Wildman–Crippen LogP) is 1.41. The van der Waals surface area contributed by atoms with Crippen LogP contribution in [0.4, 0.5) is 15.8 Å². The van der Waals surface area contributed by atoms with E-state index in [0.717, 1.165) is 11.8 Å². The summed E-state index contributed by atoms with van der Waals surface area (Å²) in [6.45, 7) is 1.80. The molecule has 0 fully saturated rings. The van der Waals surface area contributed by atoms with Crippen LogP contribution in [0.15, 0.2) is 24.4 Å². The molecule has 0 unspecified atom stereocenters. The molecule has 0 spiro atoms. The Balaban J connectivity index is 1.97. The average Bonchev–Trinajstić information content (AvgIpc) is 2.94. The first kappa shape index (κ1) is 13.4. The fourth-order valence-electron chi connectivity index (χ4n) is 2.50. The molecule has 0 saturated carbocycles. The normalized spacial score (nSPS) is 13.9. The number of hydrogen-bond donors (Lipinski definition) is 1. The number of hydrogen-bond acceptors (Lipinski definition) is 5. The molecular weight excluding hydrogens is 275 g/mol. The van der Waals surface area contributed by atoms with Crippen molar-refractivity contribution in [2.75, 3.05) is 24.3 Å². The highest BCUT2D eigenvalue weighted by Crippen LogP contribution is 2.28. The number of nitrogens with two attached hydrogens (primary N) is 1. The third kappa shape index (κ3) is 2.31. The van der Waals surface area contributed by atoms with Crippen molar-refractivity contribution in [3.8, 4) is 0 Å². The molecule has 1 aromatic heterocycles. The number of carbonyl (C=O) groups is 1. The first-order valence-electron chi connectivity index (χ1n) is 6.53. The number of benzene rings is 1. The summed E-state index contributed by atoms with van der Waals surface area (Å²) in [6, 6.07) is 4.50. The molecule has 2 N–H and O–H groups in total. The van der Waals surface area contributed by atoms with Crippen molar-refractivity contribution in [1.82, 2.24) is 9.78 Å². The second kappa shape index (κ2) is 5.08. The number of carbonyl (C=O) groups excluding carboxylic acids is 1. The monoisotopic (exact) mass is 290 g/mol. The highest BCUT2D eigenvalue weighted by molar-refractivity contribution is 5.96. The van der Waals surface area contributed by atoms with Gasteiger partial charge in [-0.15, -0.1) is 0 Å². The molecule has 6 nitrogen and oxygen atoms in total. The molecule has 0 saturated heterocycles. The Morgan fingerprint density at radius 2 is 2.24 bits per heavy atom. The Labute approximate surface area is 120 Å². The van der Waals surface area contributed by atoms with E-state index in [9.17, 15) is 9.18 Å². The molecule has 0 radical (unpaired) electrons. The number of rotatable bonds is 2. The van der Waals surface area contributed by atoms with Gasteiger partial charge in [-0.05, 0) is 18.2 Å². The van der Waals surface area contributed by atoms with Crippen LogP contribution in [0.2, 0.25) is 0 Å². The van der Waals surface area contributed by atoms with Crippen LogP contribution in [0.5, 0.6) is 0 Å². The van der Waals surface area contributed by atoms with Crippen molar-refractivity contribution in [3.63, 3.8) is 0 Å². The standard InChI is InChI=1S/C14H15FN4O2/c1-21-14(20)10-6-13(11(15)7-12(10)16)18-4-5-19-9(8-18)2-3-17-19/h2-3,6-7H,4-5,8,16H2,1H3. The van der Waals surface area contributed by atoms with Gasteiger partial charge in [0, 0.05) is 18.4 Å². The Bertz CT molecular complexity index is 698. The zero-order valence-corrected chi connectivity index (χ0v) is 11.5. The van der Waals surface area contributed by atoms with E-state index >= 15 is 0 Å². The maximum atomic E-state index is 14.2. The van der Waals surface area contributed by atoms with Gasteiger partial charge in [-0.2, -0.15) is 5.10 Å². The summed E-state index contributed by atoms with van der Waals surface area (Å²) >= 11 is 0. The summed E-state index contributed by atoms with van der Waals surface area (Å²) in [5.41, 5.74) is 7.27. The lowest BCUT2D eigenvalue weighted by Gasteiger charge is -2.30. The average molecular weight is 290 g/mol. The molecular formula is C14H15FN4O2. The minimum atomic E-state index is -0.573. The predicted molar refractivity (Wildman–Crippen MR) is 75.4 cm³/mol. The van der Waals surface area contributed by atoms with Crippen LogP contribution in [-0.4, -0.2) is 29.4 Å². The Kier molecular flexibility index (Phi) is 3.25. The third-order valence-electron chi connectivity index (χ3n) is 3.60. The smallest absolute Gasteiger partial charge is 0.340 e. The molecule has 2 aromatic rings. The molecule has 110 valence electrons. The van der Waals surface area contributed by atoms with Crippen LogP contribution >= 0.6 is 0 Å². The number of esters is 1. The van der Waals surface area contributed by atoms with Gasteiger partial charge < -0.3 is 15.4 Å². The highest BCUT2D eigenvalue weighted by Gasteiger charge is 2.22. The number of ether oxygens (including phenoxy) is 1. The summed E-state index contributed by atoms with van der Waals surface area (Å²) in [5, 5.41) is 4.18. The zero-order chi connectivity index (χ0) is 15.0. The van der Waals surface area contributed by atoms with E-state index in [1.165, 1.54) is 13.2 Å². The van der Waals surface area contributed by atoms with E-state index in [1.54, 1.807) is 6.20 Å². The summed E-state index contributed by atoms with van der Waals surface area (Å²) in [7, 11) is 1.27. The Morgan fingerprint density at radius 3 is 3.00 bits per heavy atom. The molecule has 21 heavy (non-hydrogen) atoms. The van der Waals surface area contributed by atoms with Gasteiger partial charge >= 0.3 is 5.97 Å². The fourth-order valence-corrected chi connectivity index (χ4v) is 2.50. The number of nitrogens with zero attached hydrogens (tertiary/aromatic N) is 3. The molecule has 2 heterocycles. The maximum absolute atomic E-state index is 14.2. The van der Waals surface area contributed by atoms with Crippen molar-refractivity contribution in [2.45, 2.75) is 13.1 Å². The topological polar surface area (TPSA) is 73.4 Å². The second-order valence-corrected chi connectivity index (χ2v) is 4.85. The third-order valence-corrected chi connectivity index (χ3v) is 3.60. The summed E-state index contributed by atoms with van der Waals surface area (Å²) in [5.74, 6) is -1.02. The number of fused-ring (bicyclic) bond motifs is 1. The van der Waals surface area contributed by atoms with Crippen LogP contribution in [0.25, 0.3) is 0 Å². The lowest BCUT2D eigenvalue weighted by Crippen LogP contribution is -2.34. The van der Waals surface area contributed by atoms with Gasteiger partial charge in [0.25, 0.3) is 0 Å². The van der Waals surface area contributed by atoms with E-state index in [-0.39, 0.29) is 11.3 Å². The minimum Gasteiger partial charge on any atom is -0.465 e. The minimum absolute atomic E-state index is 0.0742. The highest BCUT2D eigenvalue weighted by atomic mass is 19.1. The molecule has 7 heteroatoms. The van der Waals surface area contributed by atoms with Gasteiger partial charge in [0.2, 0.25) is 0 Å². The SMILES string of the molecule is COC(=O)c1cc(N2CCn3nccc3C2)c(F)cc1N. The summed E-state index contributed by atoms with van der Waals surface area (Å²) in [6.07, 6.45) is 1.72. The largest absolute Gasteiger partial charge is 0.465 e.